The fraction of sp³-hybridized carbons (Fsp3) is 0.280. The zero-order valence-corrected chi connectivity index (χ0v) is 19.4. The molecule has 1 aromatic carbocycles. The number of alkyl halides is 2. The first-order valence-corrected chi connectivity index (χ1v) is 11.2. The number of fused-ring (bicyclic) bond motifs is 1. The highest BCUT2D eigenvalue weighted by Crippen LogP contribution is 2.20. The van der Waals surface area contributed by atoms with Gasteiger partial charge >= 0.3 is 0 Å². The number of aromatic hydroxyl groups is 1. The van der Waals surface area contributed by atoms with Gasteiger partial charge in [-0.2, -0.15) is 5.10 Å². The number of nitrogens with zero attached hydrogens (tertiary/aromatic N) is 4. The van der Waals surface area contributed by atoms with E-state index in [1.54, 1.807) is 48.3 Å². The maximum absolute atomic E-state index is 12.4. The van der Waals surface area contributed by atoms with Gasteiger partial charge < -0.3 is 20.3 Å². The highest BCUT2D eigenvalue weighted by atomic mass is 19.3. The number of rotatable bonds is 10. The molecule has 0 radical (unpaired) electrons. The van der Waals surface area contributed by atoms with Crippen LogP contribution in [-0.4, -0.2) is 61.5 Å². The predicted octanol–water partition coefficient (Wildman–Crippen LogP) is 2.87. The second-order valence-corrected chi connectivity index (χ2v) is 8.27. The second kappa shape index (κ2) is 11.1. The van der Waals surface area contributed by atoms with Gasteiger partial charge in [-0.25, -0.2) is 13.8 Å². The van der Waals surface area contributed by atoms with Crippen molar-refractivity contribution < 1.29 is 28.5 Å². The lowest BCUT2D eigenvalue weighted by atomic mass is 10.1. The molecule has 0 spiro atoms. The zero-order valence-electron chi connectivity index (χ0n) is 19.4. The summed E-state index contributed by atoms with van der Waals surface area (Å²) in [6, 6.07) is 9.73. The third kappa shape index (κ3) is 6.11. The first-order chi connectivity index (χ1) is 17.3. The SMILES string of the molecule is Cc1cc(Cn2cc3c(C[C@H](O)CNC(=O)c4ccccc4O)nccc3n2)cnc1OCC(F)F. The highest BCUT2D eigenvalue weighted by Gasteiger charge is 2.16. The van der Waals surface area contributed by atoms with E-state index in [2.05, 4.69) is 20.4 Å². The van der Waals surface area contributed by atoms with E-state index in [0.29, 0.717) is 23.3 Å². The topological polar surface area (TPSA) is 122 Å². The van der Waals surface area contributed by atoms with Crippen molar-refractivity contribution >= 4 is 16.8 Å². The molecule has 0 bridgehead atoms. The van der Waals surface area contributed by atoms with Gasteiger partial charge in [-0.1, -0.05) is 12.1 Å². The Morgan fingerprint density at radius 1 is 1.22 bits per heavy atom. The Hall–Kier alpha value is -4.12. The molecule has 3 aromatic heterocycles. The Bertz CT molecular complexity index is 1360. The highest BCUT2D eigenvalue weighted by molar-refractivity contribution is 5.96. The maximum Gasteiger partial charge on any atom is 0.272 e. The normalized spacial score (nSPS) is 12.1. The number of aliphatic hydroxyl groups excluding tert-OH is 1. The van der Waals surface area contributed by atoms with Crippen LogP contribution < -0.4 is 10.1 Å². The molecule has 0 aliphatic rings. The lowest BCUT2D eigenvalue weighted by Crippen LogP contribution is -2.33. The summed E-state index contributed by atoms with van der Waals surface area (Å²) in [7, 11) is 0. The largest absolute Gasteiger partial charge is 0.507 e. The van der Waals surface area contributed by atoms with Crippen LogP contribution >= 0.6 is 0 Å². The summed E-state index contributed by atoms with van der Waals surface area (Å²) in [6.45, 7) is 1.39. The van der Waals surface area contributed by atoms with Crippen molar-refractivity contribution in [3.8, 4) is 11.6 Å². The smallest absolute Gasteiger partial charge is 0.272 e. The number of aromatic nitrogens is 4. The van der Waals surface area contributed by atoms with Gasteiger partial charge in [-0.15, -0.1) is 0 Å². The number of aliphatic hydroxyl groups is 1. The first kappa shape index (κ1) is 25.0. The minimum atomic E-state index is -2.57. The van der Waals surface area contributed by atoms with Crippen LogP contribution in [0.5, 0.6) is 11.6 Å². The van der Waals surface area contributed by atoms with Crippen molar-refractivity contribution in [2.45, 2.75) is 32.4 Å². The first-order valence-electron chi connectivity index (χ1n) is 11.2. The lowest BCUT2D eigenvalue weighted by molar-refractivity contribution is 0.0792. The Kier molecular flexibility index (Phi) is 7.69. The molecule has 3 N–H and O–H groups in total. The van der Waals surface area contributed by atoms with Crippen LogP contribution in [0, 0.1) is 6.92 Å². The Morgan fingerprint density at radius 2 is 2.03 bits per heavy atom. The van der Waals surface area contributed by atoms with Gasteiger partial charge in [0.05, 0.1) is 29.4 Å². The van der Waals surface area contributed by atoms with E-state index in [1.807, 2.05) is 6.20 Å². The van der Waals surface area contributed by atoms with Gasteiger partial charge in [0.15, 0.2) is 6.61 Å². The van der Waals surface area contributed by atoms with E-state index in [1.165, 1.54) is 12.1 Å². The molecule has 0 saturated heterocycles. The number of carbonyl (C=O) groups is 1. The number of nitrogens with one attached hydrogen (secondary N) is 1. The van der Waals surface area contributed by atoms with Crippen LogP contribution in [0.25, 0.3) is 10.9 Å². The number of pyridine rings is 2. The van der Waals surface area contributed by atoms with E-state index in [9.17, 15) is 23.8 Å². The molecule has 3 heterocycles. The number of ether oxygens (including phenoxy) is 1. The summed E-state index contributed by atoms with van der Waals surface area (Å²) in [5.41, 5.74) is 2.89. The molecular formula is C25H25F2N5O4. The van der Waals surface area contributed by atoms with Gasteiger partial charge in [0.1, 0.15) is 5.75 Å². The van der Waals surface area contributed by atoms with Crippen LogP contribution in [0.3, 0.4) is 0 Å². The molecule has 1 amide bonds. The molecule has 188 valence electrons. The zero-order chi connectivity index (χ0) is 25.7. The standard InChI is InChI=1S/C25H25F2N5O4/c1-15-8-16(10-30-25(15)36-14-23(26)27)12-32-13-19-20(31-32)6-7-28-21(19)9-17(33)11-29-24(35)18-4-2-3-5-22(18)34/h2-8,10,13,17,23,33-34H,9,11-12,14H2,1H3,(H,29,35)/t17-/m0/s1. The summed E-state index contributed by atoms with van der Waals surface area (Å²) in [6.07, 6.45) is 1.66. The maximum atomic E-state index is 12.4. The van der Waals surface area contributed by atoms with Crippen molar-refractivity contribution in [3.05, 3.63) is 77.4 Å². The molecule has 11 heteroatoms. The number of benzene rings is 1. The van der Waals surface area contributed by atoms with Gasteiger partial charge in [0, 0.05) is 42.5 Å². The number of hydrogen-bond donors (Lipinski definition) is 3. The number of aryl methyl sites for hydroxylation is 1. The van der Waals surface area contributed by atoms with Crippen molar-refractivity contribution in [3.63, 3.8) is 0 Å². The van der Waals surface area contributed by atoms with Crippen LogP contribution in [0.1, 0.15) is 27.2 Å². The van der Waals surface area contributed by atoms with Gasteiger partial charge in [0.25, 0.3) is 12.3 Å². The molecule has 4 rings (SSSR count). The Labute approximate surface area is 205 Å². The summed E-state index contributed by atoms with van der Waals surface area (Å²) >= 11 is 0. The van der Waals surface area contributed by atoms with Crippen LogP contribution in [-0.2, 0) is 13.0 Å². The average Bonchev–Trinajstić information content (AvgIpc) is 3.25. The summed E-state index contributed by atoms with van der Waals surface area (Å²) < 4.78 is 31.5. The summed E-state index contributed by atoms with van der Waals surface area (Å²) in [5, 5.41) is 28.2. The Morgan fingerprint density at radius 3 is 2.78 bits per heavy atom. The fourth-order valence-electron chi connectivity index (χ4n) is 3.75. The predicted molar refractivity (Wildman–Crippen MR) is 127 cm³/mol. The molecule has 0 fully saturated rings. The molecule has 0 aliphatic heterocycles. The van der Waals surface area contributed by atoms with Crippen molar-refractivity contribution in [2.24, 2.45) is 0 Å². The second-order valence-electron chi connectivity index (χ2n) is 8.27. The minimum absolute atomic E-state index is 0.0235. The monoisotopic (exact) mass is 497 g/mol. The number of halogens is 2. The van der Waals surface area contributed by atoms with Gasteiger partial charge in [-0.3, -0.25) is 14.5 Å². The van der Waals surface area contributed by atoms with Gasteiger partial charge in [0.2, 0.25) is 5.88 Å². The van der Waals surface area contributed by atoms with E-state index >= 15 is 0 Å². The lowest BCUT2D eigenvalue weighted by Gasteiger charge is -2.12. The van der Waals surface area contributed by atoms with Gasteiger partial charge in [-0.05, 0) is 36.8 Å². The van der Waals surface area contributed by atoms with Crippen molar-refractivity contribution in [1.29, 1.82) is 0 Å². The Balaban J connectivity index is 1.41. The van der Waals surface area contributed by atoms with Crippen LogP contribution in [0.4, 0.5) is 8.78 Å². The van der Waals surface area contributed by atoms with E-state index < -0.39 is 25.0 Å². The molecule has 0 aliphatic carbocycles. The number of hydrogen-bond acceptors (Lipinski definition) is 7. The van der Waals surface area contributed by atoms with Crippen molar-refractivity contribution in [1.82, 2.24) is 25.1 Å². The molecule has 0 unspecified atom stereocenters. The average molecular weight is 498 g/mol. The molecule has 36 heavy (non-hydrogen) atoms. The molecule has 9 nitrogen and oxygen atoms in total. The third-order valence-electron chi connectivity index (χ3n) is 5.42. The minimum Gasteiger partial charge on any atom is -0.507 e. The number of phenols is 1. The fourth-order valence-corrected chi connectivity index (χ4v) is 3.75. The van der Waals surface area contributed by atoms with Crippen LogP contribution in [0.15, 0.2) is 55.0 Å². The number of para-hydroxylation sites is 1. The number of phenolic OH excluding ortho intramolecular Hbond substituents is 1. The van der Waals surface area contributed by atoms with E-state index in [-0.39, 0.29) is 30.2 Å². The summed E-state index contributed by atoms with van der Waals surface area (Å²) in [5.74, 6) is -0.454. The number of amides is 1. The van der Waals surface area contributed by atoms with Crippen molar-refractivity contribution in [2.75, 3.05) is 13.2 Å². The molecule has 4 aromatic rings. The molecule has 1 atom stereocenters. The van der Waals surface area contributed by atoms with E-state index in [0.717, 1.165) is 10.9 Å². The molecule has 0 saturated carbocycles. The quantitative estimate of drug-likeness (QED) is 0.308. The summed E-state index contributed by atoms with van der Waals surface area (Å²) in [4.78, 5) is 20.8. The van der Waals surface area contributed by atoms with E-state index in [4.69, 9.17) is 4.74 Å². The van der Waals surface area contributed by atoms with Crippen LogP contribution in [0.2, 0.25) is 0 Å². The number of carbonyl (C=O) groups excluding carboxylic acids is 1. The molecular weight excluding hydrogens is 472 g/mol. The third-order valence-corrected chi connectivity index (χ3v) is 5.42.